The van der Waals surface area contributed by atoms with Gasteiger partial charge in [-0.1, -0.05) is 23.4 Å². The van der Waals surface area contributed by atoms with Gasteiger partial charge in [-0.05, 0) is 31.9 Å². The highest BCUT2D eigenvalue weighted by atomic mass is 32.2. The lowest BCUT2D eigenvalue weighted by Gasteiger charge is -2.25. The van der Waals surface area contributed by atoms with Crippen LogP contribution in [-0.4, -0.2) is 16.8 Å². The molecule has 110 valence electrons. The van der Waals surface area contributed by atoms with Gasteiger partial charge in [0.25, 0.3) is 0 Å². The number of rotatable bonds is 3. The summed E-state index contributed by atoms with van der Waals surface area (Å²) in [6.07, 6.45) is 1.29. The van der Waals surface area contributed by atoms with E-state index in [4.69, 9.17) is 4.52 Å². The summed E-state index contributed by atoms with van der Waals surface area (Å²) in [5.41, 5.74) is 2.91. The molecule has 1 aromatic carbocycles. The molecule has 1 aliphatic rings. The molecule has 21 heavy (non-hydrogen) atoms. The minimum Gasteiger partial charge on any atom is -0.361 e. The van der Waals surface area contributed by atoms with E-state index < -0.39 is 0 Å². The number of nitrogens with one attached hydrogen (secondary N) is 1. The Bertz CT molecular complexity index is 647. The van der Waals surface area contributed by atoms with Gasteiger partial charge in [-0.2, -0.15) is 0 Å². The largest absolute Gasteiger partial charge is 0.361 e. The summed E-state index contributed by atoms with van der Waals surface area (Å²) in [5, 5.41) is 7.04. The van der Waals surface area contributed by atoms with E-state index in [0.29, 0.717) is 6.42 Å². The van der Waals surface area contributed by atoms with Crippen molar-refractivity contribution in [3.05, 3.63) is 46.8 Å². The van der Waals surface area contributed by atoms with Crippen molar-refractivity contribution in [1.29, 1.82) is 0 Å². The van der Waals surface area contributed by atoms with Crippen molar-refractivity contribution in [1.82, 2.24) is 10.5 Å². The first-order valence-electron chi connectivity index (χ1n) is 7.08. The summed E-state index contributed by atoms with van der Waals surface area (Å²) >= 11 is 1.85. The highest BCUT2D eigenvalue weighted by Crippen LogP contribution is 2.35. The summed E-state index contributed by atoms with van der Waals surface area (Å²) in [7, 11) is 0. The third kappa shape index (κ3) is 2.97. The Kier molecular flexibility index (Phi) is 4.01. The van der Waals surface area contributed by atoms with E-state index in [1.807, 2.05) is 37.7 Å². The summed E-state index contributed by atoms with van der Waals surface area (Å²) in [6.45, 7) is 3.71. The molecule has 1 amide bonds. The molecule has 5 heteroatoms. The van der Waals surface area contributed by atoms with Crippen LogP contribution in [0, 0.1) is 13.8 Å². The van der Waals surface area contributed by atoms with Gasteiger partial charge in [0.05, 0.1) is 18.2 Å². The molecule has 0 radical (unpaired) electrons. The van der Waals surface area contributed by atoms with E-state index in [1.165, 1.54) is 10.5 Å². The molecule has 0 bridgehead atoms. The zero-order valence-corrected chi connectivity index (χ0v) is 13.0. The van der Waals surface area contributed by atoms with Gasteiger partial charge in [-0.15, -0.1) is 11.8 Å². The zero-order chi connectivity index (χ0) is 14.8. The Morgan fingerprint density at radius 2 is 2.24 bits per heavy atom. The number of benzene rings is 1. The normalized spacial score (nSPS) is 17.3. The molecule has 2 heterocycles. The molecule has 1 atom stereocenters. The molecule has 0 fully saturated rings. The molecule has 0 unspecified atom stereocenters. The maximum Gasteiger partial charge on any atom is 0.225 e. The fourth-order valence-electron chi connectivity index (χ4n) is 2.65. The van der Waals surface area contributed by atoms with Gasteiger partial charge in [0.2, 0.25) is 5.91 Å². The van der Waals surface area contributed by atoms with Crippen LogP contribution in [0.1, 0.15) is 35.0 Å². The highest BCUT2D eigenvalue weighted by Gasteiger charge is 2.23. The molecule has 0 aliphatic carbocycles. The summed E-state index contributed by atoms with van der Waals surface area (Å²) in [4.78, 5) is 13.6. The maximum absolute atomic E-state index is 12.3. The predicted octanol–water partition coefficient (Wildman–Crippen LogP) is 3.19. The SMILES string of the molecule is Cc1noc(C)c1CC(=O)N[C@H]1CCSc2ccccc21. The fraction of sp³-hybridized carbons (Fsp3) is 0.375. The first-order valence-corrected chi connectivity index (χ1v) is 8.06. The molecular formula is C16H18N2O2S. The van der Waals surface area contributed by atoms with Gasteiger partial charge in [-0.25, -0.2) is 0 Å². The van der Waals surface area contributed by atoms with E-state index in [0.717, 1.165) is 29.2 Å². The first-order chi connectivity index (χ1) is 10.1. The number of fused-ring (bicyclic) bond motifs is 1. The number of nitrogens with zero attached hydrogens (tertiary/aromatic N) is 1. The topological polar surface area (TPSA) is 55.1 Å². The minimum absolute atomic E-state index is 0.0242. The number of hydrogen-bond donors (Lipinski definition) is 1. The molecule has 3 rings (SSSR count). The Labute approximate surface area is 128 Å². The minimum atomic E-state index is 0.0242. The average molecular weight is 302 g/mol. The molecule has 1 aliphatic heterocycles. The third-order valence-corrected chi connectivity index (χ3v) is 4.93. The second-order valence-electron chi connectivity index (χ2n) is 5.27. The number of thioether (sulfide) groups is 1. The Morgan fingerprint density at radius 3 is 3.00 bits per heavy atom. The Hall–Kier alpha value is -1.75. The van der Waals surface area contributed by atoms with Crippen molar-refractivity contribution in [2.24, 2.45) is 0 Å². The average Bonchev–Trinajstić information content (AvgIpc) is 2.79. The molecule has 0 saturated heterocycles. The van der Waals surface area contributed by atoms with Gasteiger partial charge in [0.1, 0.15) is 5.76 Å². The van der Waals surface area contributed by atoms with Crippen molar-refractivity contribution in [2.45, 2.75) is 37.6 Å². The number of carbonyl (C=O) groups is 1. The van der Waals surface area contributed by atoms with Crippen LogP contribution >= 0.6 is 11.8 Å². The van der Waals surface area contributed by atoms with Crippen molar-refractivity contribution < 1.29 is 9.32 Å². The summed E-state index contributed by atoms with van der Waals surface area (Å²) in [5.74, 6) is 1.78. The Balaban J connectivity index is 1.72. The van der Waals surface area contributed by atoms with Crippen LogP contribution < -0.4 is 5.32 Å². The second-order valence-corrected chi connectivity index (χ2v) is 6.41. The van der Waals surface area contributed by atoms with E-state index in [2.05, 4.69) is 22.6 Å². The van der Waals surface area contributed by atoms with Crippen LogP contribution in [0.15, 0.2) is 33.7 Å². The smallest absolute Gasteiger partial charge is 0.225 e. The monoisotopic (exact) mass is 302 g/mol. The van der Waals surface area contributed by atoms with Gasteiger partial charge >= 0.3 is 0 Å². The molecule has 0 spiro atoms. The summed E-state index contributed by atoms with van der Waals surface area (Å²) in [6, 6.07) is 8.39. The molecule has 4 nitrogen and oxygen atoms in total. The molecular weight excluding hydrogens is 284 g/mol. The van der Waals surface area contributed by atoms with Crippen LogP contribution in [0.3, 0.4) is 0 Å². The standard InChI is InChI=1S/C16H18N2O2S/c1-10-13(11(2)20-18-10)9-16(19)17-14-7-8-21-15-6-4-3-5-12(14)15/h3-6,14H,7-9H2,1-2H3,(H,17,19)/t14-/m0/s1. The number of aryl methyl sites for hydroxylation is 2. The van der Waals surface area contributed by atoms with Crippen LogP contribution in [0.2, 0.25) is 0 Å². The lowest BCUT2D eigenvalue weighted by atomic mass is 10.0. The first kappa shape index (κ1) is 14.2. The van der Waals surface area contributed by atoms with Crippen molar-refractivity contribution in [2.75, 3.05) is 5.75 Å². The number of carbonyl (C=O) groups excluding carboxylic acids is 1. The van der Waals surface area contributed by atoms with E-state index in [1.54, 1.807) is 0 Å². The third-order valence-electron chi connectivity index (χ3n) is 3.81. The zero-order valence-electron chi connectivity index (χ0n) is 12.2. The van der Waals surface area contributed by atoms with Crippen molar-refractivity contribution >= 4 is 17.7 Å². The highest BCUT2D eigenvalue weighted by molar-refractivity contribution is 7.99. The Morgan fingerprint density at radius 1 is 1.43 bits per heavy atom. The van der Waals surface area contributed by atoms with Crippen molar-refractivity contribution in [3.8, 4) is 0 Å². The molecule has 1 N–H and O–H groups in total. The molecule has 0 saturated carbocycles. The quantitative estimate of drug-likeness (QED) is 0.946. The lowest BCUT2D eigenvalue weighted by Crippen LogP contribution is -2.32. The van der Waals surface area contributed by atoms with Crippen LogP contribution in [0.5, 0.6) is 0 Å². The van der Waals surface area contributed by atoms with Crippen LogP contribution in [0.4, 0.5) is 0 Å². The van der Waals surface area contributed by atoms with E-state index >= 15 is 0 Å². The number of aromatic nitrogens is 1. The van der Waals surface area contributed by atoms with Gasteiger partial charge in [0, 0.05) is 16.2 Å². The predicted molar refractivity (Wildman–Crippen MR) is 82.3 cm³/mol. The number of amides is 1. The number of hydrogen-bond acceptors (Lipinski definition) is 4. The van der Waals surface area contributed by atoms with Crippen molar-refractivity contribution in [3.63, 3.8) is 0 Å². The fourth-order valence-corrected chi connectivity index (χ4v) is 3.78. The van der Waals surface area contributed by atoms with E-state index in [-0.39, 0.29) is 11.9 Å². The maximum atomic E-state index is 12.3. The molecule has 2 aromatic rings. The van der Waals surface area contributed by atoms with Crippen LogP contribution in [0.25, 0.3) is 0 Å². The van der Waals surface area contributed by atoms with Gasteiger partial charge in [0.15, 0.2) is 0 Å². The molecule has 1 aromatic heterocycles. The van der Waals surface area contributed by atoms with Gasteiger partial charge < -0.3 is 9.84 Å². The van der Waals surface area contributed by atoms with Crippen LogP contribution in [-0.2, 0) is 11.2 Å². The lowest BCUT2D eigenvalue weighted by molar-refractivity contribution is -0.121. The summed E-state index contributed by atoms with van der Waals surface area (Å²) < 4.78 is 5.11. The van der Waals surface area contributed by atoms with E-state index in [9.17, 15) is 4.79 Å². The van der Waals surface area contributed by atoms with Gasteiger partial charge in [-0.3, -0.25) is 4.79 Å². The second kappa shape index (κ2) is 5.93.